The van der Waals surface area contributed by atoms with E-state index in [4.69, 9.17) is 4.74 Å². The number of nitrogens with one attached hydrogen (secondary N) is 1. The molecule has 2 rings (SSSR count). The minimum absolute atomic E-state index is 0.0477. The summed E-state index contributed by atoms with van der Waals surface area (Å²) in [6.07, 6.45) is 0. The highest BCUT2D eigenvalue weighted by Gasteiger charge is 2.17. The van der Waals surface area contributed by atoms with Crippen LogP contribution in [0.4, 0.5) is 5.69 Å². The zero-order valence-electron chi connectivity index (χ0n) is 14.9. The van der Waals surface area contributed by atoms with E-state index in [9.17, 15) is 14.7 Å². The van der Waals surface area contributed by atoms with Gasteiger partial charge in [0.1, 0.15) is 11.3 Å². The highest BCUT2D eigenvalue weighted by Crippen LogP contribution is 2.27. The molecule has 0 aliphatic carbocycles. The Labute approximate surface area is 147 Å². The molecule has 0 aliphatic heterocycles. The summed E-state index contributed by atoms with van der Waals surface area (Å²) in [6, 6.07) is 10.6. The molecule has 5 nitrogen and oxygen atoms in total. The number of esters is 1. The minimum atomic E-state index is -0.731. The van der Waals surface area contributed by atoms with Gasteiger partial charge in [-0.25, -0.2) is 4.79 Å². The van der Waals surface area contributed by atoms with Gasteiger partial charge in [-0.3, -0.25) is 4.79 Å². The molecule has 0 saturated carbocycles. The monoisotopic (exact) mass is 341 g/mol. The second-order valence-electron chi connectivity index (χ2n) is 6.29. The van der Waals surface area contributed by atoms with Crippen LogP contribution in [0.15, 0.2) is 36.4 Å². The van der Waals surface area contributed by atoms with Gasteiger partial charge in [-0.05, 0) is 42.5 Å². The first-order chi connectivity index (χ1) is 11.8. The van der Waals surface area contributed by atoms with E-state index in [1.807, 2.05) is 39.0 Å². The van der Waals surface area contributed by atoms with Gasteiger partial charge < -0.3 is 15.2 Å². The minimum Gasteiger partial charge on any atom is -0.507 e. The van der Waals surface area contributed by atoms with Crippen LogP contribution in [-0.2, 0) is 9.53 Å². The van der Waals surface area contributed by atoms with Crippen molar-refractivity contribution >= 4 is 17.6 Å². The molecular weight excluding hydrogens is 318 g/mol. The van der Waals surface area contributed by atoms with Crippen molar-refractivity contribution < 1.29 is 19.4 Å². The smallest absolute Gasteiger partial charge is 0.342 e. The fourth-order valence-corrected chi connectivity index (χ4v) is 2.55. The number of hydrogen-bond acceptors (Lipinski definition) is 4. The molecule has 2 aromatic carbocycles. The van der Waals surface area contributed by atoms with Gasteiger partial charge in [-0.15, -0.1) is 0 Å². The zero-order valence-corrected chi connectivity index (χ0v) is 14.9. The van der Waals surface area contributed by atoms with Crippen LogP contribution < -0.4 is 5.32 Å². The molecule has 0 heterocycles. The summed E-state index contributed by atoms with van der Waals surface area (Å²) in [5, 5.41) is 12.7. The first kappa shape index (κ1) is 18.5. The molecule has 2 N–H and O–H groups in total. The van der Waals surface area contributed by atoms with E-state index >= 15 is 0 Å². The van der Waals surface area contributed by atoms with E-state index in [0.717, 1.165) is 16.8 Å². The zero-order chi connectivity index (χ0) is 18.6. The van der Waals surface area contributed by atoms with Crippen molar-refractivity contribution in [1.29, 1.82) is 0 Å². The third-order valence-electron chi connectivity index (χ3n) is 3.98. The molecule has 0 unspecified atom stereocenters. The second-order valence-corrected chi connectivity index (χ2v) is 6.29. The Kier molecular flexibility index (Phi) is 5.80. The largest absolute Gasteiger partial charge is 0.507 e. The molecule has 5 heteroatoms. The topological polar surface area (TPSA) is 75.6 Å². The summed E-state index contributed by atoms with van der Waals surface area (Å²) in [7, 11) is 0. The average molecular weight is 341 g/mol. The Bertz CT molecular complexity index is 796. The standard InChI is InChI=1S/C20H23NO4/c1-12(2)15-9-5-7-13(3)18(15)21-17(22)11-25-20(24)16-10-6-8-14(4)19(16)23/h5-10,12,23H,11H2,1-4H3,(H,21,22). The van der Waals surface area contributed by atoms with Crippen LogP contribution in [0.3, 0.4) is 0 Å². The maximum absolute atomic E-state index is 12.2. The summed E-state index contributed by atoms with van der Waals surface area (Å²) in [5.74, 6) is -1.03. The number of carbonyl (C=O) groups is 2. The molecule has 0 fully saturated rings. The van der Waals surface area contributed by atoms with Gasteiger partial charge in [0.2, 0.25) is 0 Å². The number of amides is 1. The van der Waals surface area contributed by atoms with Crippen LogP contribution in [0.25, 0.3) is 0 Å². The Morgan fingerprint density at radius 3 is 2.40 bits per heavy atom. The highest BCUT2D eigenvalue weighted by atomic mass is 16.5. The quantitative estimate of drug-likeness (QED) is 0.808. The Balaban J connectivity index is 2.05. The number of phenols is 1. The number of carbonyl (C=O) groups excluding carboxylic acids is 2. The van der Waals surface area contributed by atoms with Crippen molar-refractivity contribution in [3.63, 3.8) is 0 Å². The lowest BCUT2D eigenvalue weighted by Gasteiger charge is -2.16. The Morgan fingerprint density at radius 1 is 1.08 bits per heavy atom. The van der Waals surface area contributed by atoms with Gasteiger partial charge in [0.15, 0.2) is 6.61 Å². The molecule has 0 bridgehead atoms. The van der Waals surface area contributed by atoms with Gasteiger partial charge in [-0.1, -0.05) is 44.2 Å². The van der Waals surface area contributed by atoms with Crippen LogP contribution >= 0.6 is 0 Å². The van der Waals surface area contributed by atoms with Gasteiger partial charge >= 0.3 is 5.97 Å². The van der Waals surface area contributed by atoms with Crippen LogP contribution in [-0.4, -0.2) is 23.6 Å². The number of hydrogen-bond donors (Lipinski definition) is 2. The van der Waals surface area contributed by atoms with Gasteiger partial charge in [0.05, 0.1) is 0 Å². The van der Waals surface area contributed by atoms with Crippen molar-refractivity contribution in [3.8, 4) is 5.75 Å². The van der Waals surface area contributed by atoms with Crippen LogP contribution in [0.2, 0.25) is 0 Å². The maximum atomic E-state index is 12.2. The van der Waals surface area contributed by atoms with Crippen LogP contribution in [0, 0.1) is 13.8 Å². The van der Waals surface area contributed by atoms with Crippen molar-refractivity contribution in [2.75, 3.05) is 11.9 Å². The van der Waals surface area contributed by atoms with E-state index in [0.29, 0.717) is 5.56 Å². The van der Waals surface area contributed by atoms with Crippen LogP contribution in [0.5, 0.6) is 5.75 Å². The number of phenolic OH excluding ortho intramolecular Hbond substituents is 1. The van der Waals surface area contributed by atoms with Gasteiger partial charge in [-0.2, -0.15) is 0 Å². The fraction of sp³-hybridized carbons (Fsp3) is 0.300. The number of benzene rings is 2. The van der Waals surface area contributed by atoms with E-state index < -0.39 is 18.5 Å². The van der Waals surface area contributed by atoms with Crippen molar-refractivity contribution in [1.82, 2.24) is 0 Å². The number of para-hydroxylation sites is 2. The van der Waals surface area contributed by atoms with E-state index in [2.05, 4.69) is 5.32 Å². The molecule has 0 aliphatic rings. The lowest BCUT2D eigenvalue weighted by atomic mass is 9.98. The van der Waals surface area contributed by atoms with E-state index in [1.165, 1.54) is 6.07 Å². The molecule has 0 spiro atoms. The predicted molar refractivity (Wildman–Crippen MR) is 97.0 cm³/mol. The average Bonchev–Trinajstić information content (AvgIpc) is 2.56. The van der Waals surface area contributed by atoms with Crippen molar-refractivity contribution in [2.24, 2.45) is 0 Å². The van der Waals surface area contributed by atoms with Crippen molar-refractivity contribution in [2.45, 2.75) is 33.6 Å². The third kappa shape index (κ3) is 4.38. The normalized spacial score (nSPS) is 10.6. The van der Waals surface area contributed by atoms with E-state index in [-0.39, 0.29) is 17.2 Å². The third-order valence-corrected chi connectivity index (χ3v) is 3.98. The lowest BCUT2D eigenvalue weighted by molar-refractivity contribution is -0.119. The summed E-state index contributed by atoms with van der Waals surface area (Å²) < 4.78 is 5.03. The number of rotatable bonds is 5. The molecule has 2 aromatic rings. The maximum Gasteiger partial charge on any atom is 0.342 e. The van der Waals surface area contributed by atoms with Crippen molar-refractivity contribution in [3.05, 3.63) is 58.7 Å². The summed E-state index contributed by atoms with van der Waals surface area (Å²) in [6.45, 7) is 7.27. The second kappa shape index (κ2) is 7.83. The fourth-order valence-electron chi connectivity index (χ4n) is 2.55. The van der Waals surface area contributed by atoms with Crippen LogP contribution in [0.1, 0.15) is 46.8 Å². The highest BCUT2D eigenvalue weighted by molar-refractivity contribution is 5.97. The summed E-state index contributed by atoms with van der Waals surface area (Å²) >= 11 is 0. The Hall–Kier alpha value is -2.82. The number of ether oxygens (including phenoxy) is 1. The number of aromatic hydroxyl groups is 1. The number of aryl methyl sites for hydroxylation is 2. The van der Waals surface area contributed by atoms with Gasteiger partial charge in [0, 0.05) is 5.69 Å². The first-order valence-electron chi connectivity index (χ1n) is 8.16. The predicted octanol–water partition coefficient (Wildman–Crippen LogP) is 3.93. The Morgan fingerprint density at radius 2 is 1.72 bits per heavy atom. The molecular formula is C20H23NO4. The molecule has 0 radical (unpaired) electrons. The molecule has 25 heavy (non-hydrogen) atoms. The molecule has 0 saturated heterocycles. The molecule has 132 valence electrons. The number of anilines is 1. The van der Waals surface area contributed by atoms with Gasteiger partial charge in [0.25, 0.3) is 5.91 Å². The summed E-state index contributed by atoms with van der Waals surface area (Å²) in [4.78, 5) is 24.2. The SMILES string of the molecule is Cc1cccc(C(=O)OCC(=O)Nc2c(C)cccc2C(C)C)c1O. The lowest BCUT2D eigenvalue weighted by Crippen LogP contribution is -2.22. The molecule has 0 aromatic heterocycles. The molecule has 1 amide bonds. The molecule has 0 atom stereocenters. The summed E-state index contributed by atoms with van der Waals surface area (Å²) in [5.41, 5.74) is 3.34. The van der Waals surface area contributed by atoms with E-state index in [1.54, 1.807) is 19.1 Å². The first-order valence-corrected chi connectivity index (χ1v) is 8.16.